The summed E-state index contributed by atoms with van der Waals surface area (Å²) in [6.45, 7) is 1.99. The average molecular weight is 620 g/mol. The molecule has 10 nitrogen and oxygen atoms in total. The number of hydrogen-bond donors (Lipinski definition) is 3. The third kappa shape index (κ3) is 7.37. The molecule has 0 unspecified atom stereocenters. The Bertz CT molecular complexity index is 1370. The van der Waals surface area contributed by atoms with Crippen molar-refractivity contribution in [2.24, 2.45) is 5.92 Å². The van der Waals surface area contributed by atoms with Crippen LogP contribution in [0.15, 0.2) is 60.0 Å². The van der Waals surface area contributed by atoms with Crippen molar-refractivity contribution in [1.29, 1.82) is 0 Å². The zero-order valence-electron chi connectivity index (χ0n) is 23.3. The molecule has 5 rings (SSSR count). The second kappa shape index (κ2) is 13.5. The number of benzene rings is 2. The van der Waals surface area contributed by atoms with Gasteiger partial charge in [-0.2, -0.15) is 18.3 Å². The molecule has 3 aromatic rings. The highest BCUT2D eigenvalue weighted by Gasteiger charge is 2.47. The molecule has 2 aliphatic rings. The maximum absolute atomic E-state index is 12.9. The van der Waals surface area contributed by atoms with Crippen LogP contribution in [0.2, 0.25) is 0 Å². The first kappa shape index (κ1) is 31.0. The van der Waals surface area contributed by atoms with E-state index in [-0.39, 0.29) is 44.2 Å². The summed E-state index contributed by atoms with van der Waals surface area (Å²) >= 11 is 1.49. The standard InChI is InChI=1S/C29H32F3N5O5S/c1-17-23(15-43-28-34-16-35-36-28)41-26(42-24(17)20-8-6-19(14-38)7-9-20)21-10-4-18(5-11-21)13-33-25(39)22-3-2-12-37(22)27(40)29(30,31)32/h4-11,16-17,22-24,26,38H,2-3,12-15H2,1H3,(H,33,39)(H,34,35,36)/t17-,22+,23+,24+,26+/m1/s1. The Morgan fingerprint density at radius 1 is 1.09 bits per heavy atom. The quantitative estimate of drug-likeness (QED) is 0.306. The Kier molecular flexibility index (Phi) is 9.69. The van der Waals surface area contributed by atoms with Crippen molar-refractivity contribution in [3.8, 4) is 0 Å². The van der Waals surface area contributed by atoms with Gasteiger partial charge in [0, 0.05) is 30.3 Å². The van der Waals surface area contributed by atoms with E-state index < -0.39 is 30.3 Å². The van der Waals surface area contributed by atoms with E-state index in [1.54, 1.807) is 12.1 Å². The van der Waals surface area contributed by atoms with E-state index in [0.29, 0.717) is 22.2 Å². The molecule has 0 bridgehead atoms. The summed E-state index contributed by atoms with van der Waals surface area (Å²) in [4.78, 5) is 29.1. The number of ether oxygens (including phenoxy) is 2. The SMILES string of the molecule is C[C@@H]1[C@H](CSc2ncn[nH]2)O[C@H](c2ccc(CNC(=O)[C@@H]3CCCN3C(=O)C(F)(F)F)cc2)O[C@@H]1c1ccc(CO)cc1. The zero-order chi connectivity index (χ0) is 30.6. The Balaban J connectivity index is 1.25. The van der Waals surface area contributed by atoms with Crippen LogP contribution in [-0.4, -0.2) is 67.6 Å². The molecule has 0 radical (unpaired) electrons. The number of aromatic nitrogens is 3. The molecular formula is C29H32F3N5O5S. The van der Waals surface area contributed by atoms with Crippen LogP contribution in [0.25, 0.3) is 0 Å². The summed E-state index contributed by atoms with van der Waals surface area (Å²) < 4.78 is 51.6. The van der Waals surface area contributed by atoms with Crippen LogP contribution in [0.4, 0.5) is 13.2 Å². The molecule has 1 aromatic heterocycles. The van der Waals surface area contributed by atoms with Gasteiger partial charge in [0.05, 0.1) is 18.8 Å². The number of alkyl halides is 3. The van der Waals surface area contributed by atoms with Crippen molar-refractivity contribution in [3.63, 3.8) is 0 Å². The number of amides is 2. The van der Waals surface area contributed by atoms with E-state index in [1.165, 1.54) is 18.1 Å². The van der Waals surface area contributed by atoms with Gasteiger partial charge in [0.1, 0.15) is 12.4 Å². The summed E-state index contributed by atoms with van der Waals surface area (Å²) in [6, 6.07) is 13.7. The molecule has 0 aliphatic carbocycles. The van der Waals surface area contributed by atoms with Crippen molar-refractivity contribution in [2.45, 2.75) is 68.8 Å². The number of nitrogens with zero attached hydrogens (tertiary/aromatic N) is 3. The van der Waals surface area contributed by atoms with Gasteiger partial charge >= 0.3 is 12.1 Å². The number of rotatable bonds is 9. The van der Waals surface area contributed by atoms with E-state index in [0.717, 1.165) is 22.3 Å². The van der Waals surface area contributed by atoms with E-state index in [4.69, 9.17) is 9.47 Å². The van der Waals surface area contributed by atoms with Crippen LogP contribution in [0.1, 0.15) is 54.4 Å². The molecule has 2 fully saturated rings. The molecule has 0 spiro atoms. The minimum Gasteiger partial charge on any atom is -0.392 e. The third-order valence-corrected chi connectivity index (χ3v) is 8.64. The minimum atomic E-state index is -5.02. The predicted octanol–water partition coefficient (Wildman–Crippen LogP) is 4.05. The molecule has 0 saturated carbocycles. The molecule has 5 atom stereocenters. The first-order chi connectivity index (χ1) is 20.6. The number of carbonyl (C=O) groups is 2. The molecule has 3 heterocycles. The van der Waals surface area contributed by atoms with Gasteiger partial charge in [-0.15, -0.1) is 0 Å². The smallest absolute Gasteiger partial charge is 0.392 e. The van der Waals surface area contributed by atoms with Crippen LogP contribution in [0.5, 0.6) is 0 Å². The van der Waals surface area contributed by atoms with Crippen molar-refractivity contribution in [2.75, 3.05) is 12.3 Å². The van der Waals surface area contributed by atoms with Crippen LogP contribution >= 0.6 is 11.8 Å². The molecule has 2 amide bonds. The second-order valence-electron chi connectivity index (χ2n) is 10.5. The van der Waals surface area contributed by atoms with Gasteiger partial charge in [-0.05, 0) is 29.5 Å². The predicted molar refractivity (Wildman–Crippen MR) is 149 cm³/mol. The van der Waals surface area contributed by atoms with Crippen molar-refractivity contribution in [1.82, 2.24) is 25.4 Å². The lowest BCUT2D eigenvalue weighted by atomic mass is 9.91. The highest BCUT2D eigenvalue weighted by Crippen LogP contribution is 2.42. The molecular weight excluding hydrogens is 587 g/mol. The molecule has 2 saturated heterocycles. The number of aliphatic hydroxyl groups excluding tert-OH is 1. The van der Waals surface area contributed by atoms with Crippen LogP contribution in [0.3, 0.4) is 0 Å². The fourth-order valence-electron chi connectivity index (χ4n) is 5.28. The largest absolute Gasteiger partial charge is 0.471 e. The highest BCUT2D eigenvalue weighted by atomic mass is 32.2. The third-order valence-electron chi connectivity index (χ3n) is 7.68. The lowest BCUT2D eigenvalue weighted by Crippen LogP contribution is -2.50. The second-order valence-corrected chi connectivity index (χ2v) is 11.5. The van der Waals surface area contributed by atoms with Gasteiger partial charge in [-0.25, -0.2) is 4.98 Å². The number of H-pyrrole nitrogens is 1. The lowest BCUT2D eigenvalue weighted by Gasteiger charge is -2.41. The fraction of sp³-hybridized carbons (Fsp3) is 0.448. The summed E-state index contributed by atoms with van der Waals surface area (Å²) in [7, 11) is 0. The first-order valence-corrected chi connectivity index (χ1v) is 14.9. The van der Waals surface area contributed by atoms with Gasteiger partial charge in [0.25, 0.3) is 0 Å². The highest BCUT2D eigenvalue weighted by molar-refractivity contribution is 7.99. The number of thioether (sulfide) groups is 1. The summed E-state index contributed by atoms with van der Waals surface area (Å²) in [5.41, 5.74) is 3.23. The van der Waals surface area contributed by atoms with Crippen LogP contribution < -0.4 is 5.32 Å². The number of likely N-dealkylation sites (tertiary alicyclic amines) is 1. The lowest BCUT2D eigenvalue weighted by molar-refractivity contribution is -0.268. The van der Waals surface area contributed by atoms with Gasteiger partial charge in [0.15, 0.2) is 11.4 Å². The Morgan fingerprint density at radius 3 is 2.44 bits per heavy atom. The molecule has 230 valence electrons. The minimum absolute atomic E-state index is 0.0134. The van der Waals surface area contributed by atoms with Gasteiger partial charge < -0.3 is 24.8 Å². The van der Waals surface area contributed by atoms with E-state index >= 15 is 0 Å². The first-order valence-electron chi connectivity index (χ1n) is 13.9. The molecule has 14 heteroatoms. The monoisotopic (exact) mass is 619 g/mol. The van der Waals surface area contributed by atoms with Crippen molar-refractivity contribution >= 4 is 23.6 Å². The Hall–Kier alpha value is -3.46. The number of carbonyl (C=O) groups excluding carboxylic acids is 2. The maximum atomic E-state index is 12.9. The average Bonchev–Trinajstić information content (AvgIpc) is 3.72. The Morgan fingerprint density at radius 2 is 1.79 bits per heavy atom. The van der Waals surface area contributed by atoms with E-state index in [9.17, 15) is 27.9 Å². The van der Waals surface area contributed by atoms with Crippen molar-refractivity contribution < 1.29 is 37.3 Å². The van der Waals surface area contributed by atoms with Crippen molar-refractivity contribution in [3.05, 3.63) is 77.1 Å². The fourth-order valence-corrected chi connectivity index (χ4v) is 6.22. The van der Waals surface area contributed by atoms with Crippen LogP contribution in [0, 0.1) is 5.92 Å². The van der Waals surface area contributed by atoms with E-state index in [2.05, 4.69) is 27.4 Å². The van der Waals surface area contributed by atoms with Gasteiger partial charge in [-0.1, -0.05) is 67.2 Å². The zero-order valence-corrected chi connectivity index (χ0v) is 24.1. The van der Waals surface area contributed by atoms with Gasteiger partial charge in [-0.3, -0.25) is 14.7 Å². The number of nitrogens with one attached hydrogen (secondary N) is 2. The molecule has 2 aliphatic heterocycles. The van der Waals surface area contributed by atoms with Gasteiger partial charge in [0.2, 0.25) is 5.91 Å². The Labute approximate surface area is 250 Å². The topological polar surface area (TPSA) is 130 Å². The van der Waals surface area contributed by atoms with Crippen LogP contribution in [-0.2, 0) is 32.2 Å². The summed E-state index contributed by atoms with van der Waals surface area (Å²) in [5.74, 6) is -2.02. The maximum Gasteiger partial charge on any atom is 0.471 e. The van der Waals surface area contributed by atoms with E-state index in [1.807, 2.05) is 36.4 Å². The number of halogens is 3. The summed E-state index contributed by atoms with van der Waals surface area (Å²) in [5, 5.41) is 19.5. The molecule has 43 heavy (non-hydrogen) atoms. The normalized spacial score (nSPS) is 24.2. The molecule has 3 N–H and O–H groups in total. The molecule has 2 aromatic carbocycles. The number of hydrogen-bond acceptors (Lipinski definition) is 8. The number of aliphatic hydroxyl groups is 1. The summed E-state index contributed by atoms with van der Waals surface area (Å²) in [6.07, 6.45) is -4.25. The number of aromatic amines is 1.